The predicted octanol–water partition coefficient (Wildman–Crippen LogP) is 10.6. The Morgan fingerprint density at radius 2 is 1.35 bits per heavy atom. The third kappa shape index (κ3) is 30.8. The zero-order valence-electron chi connectivity index (χ0n) is 74.8. The first-order valence-corrected chi connectivity index (χ1v) is 43.9. The largest absolute Gasteiger partial charge is 0.481 e. The molecule has 5 N–H and O–H groups in total. The van der Waals surface area contributed by atoms with E-state index in [1.54, 1.807) is 51.1 Å². The highest BCUT2D eigenvalue weighted by atomic mass is 32.1. The van der Waals surface area contributed by atoms with E-state index < -0.39 is 66.2 Å². The molecular formula is C91H138N12O17S. The summed E-state index contributed by atoms with van der Waals surface area (Å²) in [4.78, 5) is 159. The minimum Gasteiger partial charge on any atom is -0.481 e. The van der Waals surface area contributed by atoms with Gasteiger partial charge in [-0.25, -0.2) is 14.8 Å². The van der Waals surface area contributed by atoms with Gasteiger partial charge in [0, 0.05) is 135 Å². The van der Waals surface area contributed by atoms with Gasteiger partial charge in [0.1, 0.15) is 29.5 Å². The molecule has 4 heterocycles. The van der Waals surface area contributed by atoms with Crippen LogP contribution < -0.4 is 21.4 Å². The number of hydrogen-bond acceptors (Lipinski definition) is 20. The van der Waals surface area contributed by atoms with Crippen LogP contribution >= 0.6 is 11.3 Å². The molecule has 121 heavy (non-hydrogen) atoms. The van der Waals surface area contributed by atoms with Gasteiger partial charge in [0.15, 0.2) is 5.78 Å². The number of nitrogens with one attached hydrogen (secondary N) is 4. The van der Waals surface area contributed by atoms with E-state index in [-0.39, 0.29) is 160 Å². The molecule has 30 heteroatoms. The van der Waals surface area contributed by atoms with Crippen LogP contribution in [-0.4, -0.2) is 253 Å². The average Bonchev–Trinajstić information content (AvgIpc) is 1.66. The molecule has 0 spiro atoms. The van der Waals surface area contributed by atoms with Crippen molar-refractivity contribution in [3.63, 3.8) is 0 Å². The van der Waals surface area contributed by atoms with Gasteiger partial charge in [-0.3, -0.25) is 58.3 Å². The van der Waals surface area contributed by atoms with E-state index in [1.807, 2.05) is 170 Å². The van der Waals surface area contributed by atoms with Gasteiger partial charge >= 0.3 is 12.1 Å². The number of amides is 8. The highest BCUT2D eigenvalue weighted by Gasteiger charge is 2.45. The van der Waals surface area contributed by atoms with Gasteiger partial charge in [-0.15, -0.1) is 11.3 Å². The van der Waals surface area contributed by atoms with Crippen molar-refractivity contribution >= 4 is 87.2 Å². The summed E-state index contributed by atoms with van der Waals surface area (Å²) in [5.74, 6) is -4.90. The second kappa shape index (κ2) is 51.1. The first-order valence-electron chi connectivity index (χ1n) is 43.0. The van der Waals surface area contributed by atoms with Gasteiger partial charge < -0.3 is 68.9 Å². The number of carboxylic acids is 1. The molecule has 7 rings (SSSR count). The summed E-state index contributed by atoms with van der Waals surface area (Å²) in [5, 5.41) is 23.6. The number of methoxy groups -OCH3 is 2. The number of likely N-dealkylation sites (N-methyl/N-ethyl adjacent to an activating group) is 2. The van der Waals surface area contributed by atoms with Gasteiger partial charge in [-0.05, 0) is 105 Å². The Labute approximate surface area is 720 Å². The number of aliphatic carboxylic acids is 1. The SMILES string of the molecule is CCC(=O)[C@H](C)NC(=O)[C@@H](CC(=O)CCC(=O)N(CCOCCOCCC(=O)O)C1CCN(C(=O)CCn2c(CN(C)NC)cc3ccccc32)CC1)C(C)C.CC[C@H](C)[C@@H]([C@@H](CC(=O)N1CCC[C@H]1[C@H](OC)[C@@H](C)C(=O)N[C@@H](Cc1ccccc1)c1nccs1)OC)N(C)C(=O)[C@@H](NC(=O)[C@H](C(C)C)N(C)C(=O)OCc1ccc(C)cc1)C(C)C. The number of carboxylic acid groups (broad SMARTS) is 1. The van der Waals surface area contributed by atoms with Gasteiger partial charge in [0.2, 0.25) is 41.4 Å². The zero-order valence-corrected chi connectivity index (χ0v) is 75.7. The van der Waals surface area contributed by atoms with Crippen molar-refractivity contribution in [1.29, 1.82) is 0 Å². The van der Waals surface area contributed by atoms with Crippen LogP contribution in [0.4, 0.5) is 4.79 Å². The van der Waals surface area contributed by atoms with E-state index in [1.165, 1.54) is 23.3 Å². The monoisotopic (exact) mass is 1700 g/mol. The molecule has 0 aliphatic carbocycles. The van der Waals surface area contributed by atoms with Crippen LogP contribution in [0.3, 0.4) is 0 Å². The number of Topliss-reactive ketones (excluding diaryl/α,β-unsaturated/α-hetero) is 2. The summed E-state index contributed by atoms with van der Waals surface area (Å²) in [6, 6.07) is 24.1. The molecule has 2 fully saturated rings. The predicted molar refractivity (Wildman–Crippen MR) is 466 cm³/mol. The number of carbonyl (C=O) groups excluding carboxylic acids is 10. The molecule has 0 radical (unpaired) electrons. The molecule has 2 aliphatic rings. The summed E-state index contributed by atoms with van der Waals surface area (Å²) in [5.41, 5.74) is 8.32. The maximum atomic E-state index is 14.6. The number of ether oxygens (including phenoxy) is 5. The van der Waals surface area contributed by atoms with E-state index in [0.29, 0.717) is 77.7 Å². The summed E-state index contributed by atoms with van der Waals surface area (Å²) in [6.45, 7) is 26.2. The first kappa shape index (κ1) is 101. The Hall–Kier alpha value is -9.04. The number of aryl methyl sites for hydroxylation is 2. The zero-order chi connectivity index (χ0) is 89.2. The van der Waals surface area contributed by atoms with E-state index >= 15 is 0 Å². The topological polar surface area (TPSA) is 340 Å². The number of ketones is 2. The standard InChI is InChI=1S/C50H74N6O8S.C41H64N6O9/c1-13-34(7)44(54(9)49(60)42(31(2)3)53-47(59)43(32(4)5)55(10)50(61)64-30-37-23-21-33(6)22-24-37)40(62-11)29-41(57)56-26-17-20-39(56)45(63-12)35(8)46(58)52-38(48-51-25-27-65-48)28-36-18-15-14-16-19-36;1-7-37(49)30(4)43-41(54)35(29(2)3)27-34(48)12-13-39(51)47(21-23-56-25-24-55-22-17-40(52)53)32-14-18-45(19-15-32)38(50)16-20-46-33(28-44(6)42-5)26-31-10-8-9-11-36(31)46/h14-16,18-19,21-25,27,31-32,34-35,38-40,42-45H,13,17,20,26,28-30H2,1-12H3,(H,52,58)(H,53,59);8-11,26,29-30,32,35,42H,7,12-25,27-28H2,1-6H3,(H,43,54)(H,52,53)/t34-,35+,38-,39-,40+,42-,43-,44-,45+;30-,35-/m00/s1. The van der Waals surface area contributed by atoms with E-state index in [4.69, 9.17) is 28.8 Å². The van der Waals surface area contributed by atoms with Crippen molar-refractivity contribution in [2.75, 3.05) is 95.0 Å². The number of fused-ring (bicyclic) bond motifs is 1. The lowest BCUT2D eigenvalue weighted by atomic mass is 9.88. The third-order valence-electron chi connectivity index (χ3n) is 23.4. The van der Waals surface area contributed by atoms with Crippen LogP contribution in [-0.2, 0) is 97.7 Å². The number of thiazole rings is 1. The summed E-state index contributed by atoms with van der Waals surface area (Å²) in [7, 11) is 10.2. The summed E-state index contributed by atoms with van der Waals surface area (Å²) in [6.07, 6.45) is 4.13. The Balaban J connectivity index is 0.000000379. The Morgan fingerprint density at radius 3 is 1.95 bits per heavy atom. The van der Waals surface area contributed by atoms with Crippen LogP contribution in [0, 0.1) is 42.4 Å². The molecule has 29 nitrogen and oxygen atoms in total. The fraction of sp³-hybridized carbons (Fsp3) is 0.626. The number of likely N-dealkylation sites (tertiary alicyclic amines) is 2. The molecule has 0 saturated carbocycles. The number of nitrogens with zero attached hydrogens (tertiary/aromatic N) is 8. The highest BCUT2D eigenvalue weighted by molar-refractivity contribution is 7.09. The van der Waals surface area contributed by atoms with Crippen LogP contribution in [0.15, 0.2) is 96.5 Å². The average molecular weight is 1700 g/mol. The molecule has 0 unspecified atom stereocenters. The number of hydrazine groups is 1. The molecule has 2 saturated heterocycles. The molecule has 2 aromatic heterocycles. The van der Waals surface area contributed by atoms with Crippen molar-refractivity contribution in [1.82, 2.24) is 60.4 Å². The molecule has 2 aliphatic heterocycles. The lowest BCUT2D eigenvalue weighted by Gasteiger charge is -2.41. The molecule has 0 bridgehead atoms. The summed E-state index contributed by atoms with van der Waals surface area (Å²) >= 11 is 1.49. The Bertz CT molecular complexity index is 4080. The van der Waals surface area contributed by atoms with Crippen LogP contribution in [0.1, 0.15) is 187 Å². The lowest BCUT2D eigenvalue weighted by Crippen LogP contribution is -2.60. The number of carbonyl (C=O) groups is 11. The molecule has 670 valence electrons. The molecule has 5 aromatic rings. The van der Waals surface area contributed by atoms with E-state index in [2.05, 4.69) is 49.1 Å². The van der Waals surface area contributed by atoms with Crippen molar-refractivity contribution < 1.29 is 81.5 Å². The van der Waals surface area contributed by atoms with Gasteiger partial charge in [-0.2, -0.15) is 0 Å². The maximum absolute atomic E-state index is 14.6. The van der Waals surface area contributed by atoms with E-state index in [9.17, 15) is 52.7 Å². The first-order chi connectivity index (χ1) is 57.7. The number of rotatable bonds is 49. The van der Waals surface area contributed by atoms with Gasteiger partial charge in [-0.1, -0.05) is 154 Å². The quantitative estimate of drug-likeness (QED) is 0.0178. The van der Waals surface area contributed by atoms with Gasteiger partial charge in [0.05, 0.1) is 88.1 Å². The lowest BCUT2D eigenvalue weighted by molar-refractivity contribution is -0.148. The fourth-order valence-electron chi connectivity index (χ4n) is 16.0. The van der Waals surface area contributed by atoms with E-state index in [0.717, 1.165) is 44.7 Å². The molecular weight excluding hydrogens is 1570 g/mol. The van der Waals surface area contributed by atoms with Crippen molar-refractivity contribution in [2.24, 2.45) is 35.5 Å². The Morgan fingerprint density at radius 1 is 0.678 bits per heavy atom. The number of piperidine rings is 1. The number of hydrogen-bond donors (Lipinski definition) is 5. The minimum atomic E-state index is -0.941. The molecule has 3 aromatic carbocycles. The third-order valence-corrected chi connectivity index (χ3v) is 24.3. The second-order valence-corrected chi connectivity index (χ2v) is 34.1. The van der Waals surface area contributed by atoms with Crippen LogP contribution in [0.25, 0.3) is 10.9 Å². The number of aromatic nitrogens is 2. The molecule has 11 atom stereocenters. The Kier molecular flexibility index (Phi) is 42.6. The van der Waals surface area contributed by atoms with Gasteiger partial charge in [0.25, 0.3) is 0 Å². The smallest absolute Gasteiger partial charge is 0.410 e. The number of para-hydroxylation sites is 1. The number of benzene rings is 3. The van der Waals surface area contributed by atoms with Crippen molar-refractivity contribution in [2.45, 2.75) is 241 Å². The minimum absolute atomic E-state index is 0.0105. The second-order valence-electron chi connectivity index (χ2n) is 33.2. The highest BCUT2D eigenvalue weighted by Crippen LogP contribution is 2.32. The van der Waals surface area contributed by atoms with Crippen LogP contribution in [0.5, 0.6) is 0 Å². The van der Waals surface area contributed by atoms with Crippen molar-refractivity contribution in [3.8, 4) is 0 Å². The van der Waals surface area contributed by atoms with Crippen LogP contribution in [0.2, 0.25) is 0 Å². The summed E-state index contributed by atoms with van der Waals surface area (Å²) < 4.78 is 31.0. The normalized spacial score (nSPS) is 16.2. The maximum Gasteiger partial charge on any atom is 0.410 e. The molecule has 8 amide bonds. The fourth-order valence-corrected chi connectivity index (χ4v) is 16.7. The van der Waals surface area contributed by atoms with Crippen molar-refractivity contribution in [3.05, 3.63) is 124 Å².